The minimum Gasteiger partial charge on any atom is -0.496 e. The fraction of sp³-hybridized carbons (Fsp3) is 0.429. The predicted molar refractivity (Wildman–Crippen MR) is 67.6 cm³/mol. The van der Waals surface area contributed by atoms with Gasteiger partial charge in [0.2, 0.25) is 0 Å². The number of nitrogens with one attached hydrogen (secondary N) is 1. The van der Waals surface area contributed by atoms with E-state index in [0.717, 1.165) is 25.1 Å². The Morgan fingerprint density at radius 3 is 2.88 bits per heavy atom. The monoisotopic (exact) mass is 217 g/mol. The molecule has 0 amide bonds. The van der Waals surface area contributed by atoms with Crippen LogP contribution in [0.25, 0.3) is 0 Å². The number of para-hydroxylation sites is 1. The normalized spacial score (nSPS) is 11.8. The quantitative estimate of drug-likeness (QED) is 0.583. The molecule has 0 saturated heterocycles. The number of rotatable bonds is 6. The summed E-state index contributed by atoms with van der Waals surface area (Å²) in [6.45, 7) is 3.02. The number of benzene rings is 1. The molecule has 16 heavy (non-hydrogen) atoms. The van der Waals surface area contributed by atoms with Crippen LogP contribution in [-0.4, -0.2) is 19.7 Å². The van der Waals surface area contributed by atoms with Crippen molar-refractivity contribution >= 4 is 0 Å². The van der Waals surface area contributed by atoms with Gasteiger partial charge in [-0.15, -0.1) is 12.3 Å². The number of ether oxygens (including phenoxy) is 1. The van der Waals surface area contributed by atoms with Crippen molar-refractivity contribution in [2.75, 3.05) is 13.7 Å². The SMILES string of the molecule is C#CCCNC(C)Cc1ccccc1OC. The highest BCUT2D eigenvalue weighted by atomic mass is 16.5. The highest BCUT2D eigenvalue weighted by Gasteiger charge is 2.06. The van der Waals surface area contributed by atoms with E-state index in [2.05, 4.69) is 24.2 Å². The molecule has 0 aliphatic heterocycles. The maximum Gasteiger partial charge on any atom is 0.122 e. The lowest BCUT2D eigenvalue weighted by molar-refractivity contribution is 0.406. The third kappa shape index (κ3) is 3.96. The zero-order chi connectivity index (χ0) is 11.8. The van der Waals surface area contributed by atoms with Gasteiger partial charge in [-0.1, -0.05) is 18.2 Å². The molecule has 1 aromatic rings. The lowest BCUT2D eigenvalue weighted by Crippen LogP contribution is -2.28. The standard InChI is InChI=1S/C14H19NO/c1-4-5-10-15-12(2)11-13-8-6-7-9-14(13)16-3/h1,6-9,12,15H,5,10-11H2,2-3H3. The molecule has 0 aliphatic rings. The Labute approximate surface area is 98.0 Å². The first kappa shape index (κ1) is 12.6. The zero-order valence-corrected chi connectivity index (χ0v) is 9.99. The van der Waals surface area contributed by atoms with Gasteiger partial charge in [-0.25, -0.2) is 0 Å². The molecule has 1 aromatic carbocycles. The minimum atomic E-state index is 0.407. The predicted octanol–water partition coefficient (Wildman–Crippen LogP) is 2.24. The Bertz CT molecular complexity index is 354. The highest BCUT2D eigenvalue weighted by molar-refractivity contribution is 5.33. The molecule has 1 N–H and O–H groups in total. The maximum atomic E-state index is 5.31. The van der Waals surface area contributed by atoms with Crippen molar-refractivity contribution < 1.29 is 4.74 Å². The van der Waals surface area contributed by atoms with Crippen molar-refractivity contribution in [2.24, 2.45) is 0 Å². The average Bonchev–Trinajstić information content (AvgIpc) is 2.30. The van der Waals surface area contributed by atoms with Crippen LogP contribution < -0.4 is 10.1 Å². The van der Waals surface area contributed by atoms with Crippen molar-refractivity contribution in [2.45, 2.75) is 25.8 Å². The van der Waals surface area contributed by atoms with Gasteiger partial charge in [-0.05, 0) is 25.0 Å². The molecular weight excluding hydrogens is 198 g/mol. The molecule has 0 fully saturated rings. The van der Waals surface area contributed by atoms with Gasteiger partial charge in [0.15, 0.2) is 0 Å². The first-order valence-corrected chi connectivity index (χ1v) is 5.56. The van der Waals surface area contributed by atoms with E-state index < -0.39 is 0 Å². The Kier molecular flexibility index (Phi) is 5.45. The van der Waals surface area contributed by atoms with Crippen LogP contribution in [0.15, 0.2) is 24.3 Å². The molecule has 2 nitrogen and oxygen atoms in total. The van der Waals surface area contributed by atoms with Crippen molar-refractivity contribution in [1.82, 2.24) is 5.32 Å². The minimum absolute atomic E-state index is 0.407. The van der Waals surface area contributed by atoms with Crippen LogP contribution in [0.4, 0.5) is 0 Å². The van der Waals surface area contributed by atoms with Gasteiger partial charge < -0.3 is 10.1 Å². The van der Waals surface area contributed by atoms with E-state index in [-0.39, 0.29) is 0 Å². The first-order valence-electron chi connectivity index (χ1n) is 5.56. The third-order valence-electron chi connectivity index (χ3n) is 2.48. The van der Waals surface area contributed by atoms with Gasteiger partial charge in [0.1, 0.15) is 5.75 Å². The summed E-state index contributed by atoms with van der Waals surface area (Å²) in [5.74, 6) is 3.57. The molecule has 1 atom stereocenters. The van der Waals surface area contributed by atoms with Crippen LogP contribution in [0.5, 0.6) is 5.75 Å². The van der Waals surface area contributed by atoms with E-state index in [9.17, 15) is 0 Å². The molecule has 0 spiro atoms. The fourth-order valence-corrected chi connectivity index (χ4v) is 1.66. The summed E-state index contributed by atoms with van der Waals surface area (Å²) in [5.41, 5.74) is 1.23. The number of methoxy groups -OCH3 is 1. The van der Waals surface area contributed by atoms with E-state index in [1.165, 1.54) is 5.56 Å². The average molecular weight is 217 g/mol. The van der Waals surface area contributed by atoms with Crippen molar-refractivity contribution in [3.8, 4) is 18.1 Å². The van der Waals surface area contributed by atoms with Crippen LogP contribution in [-0.2, 0) is 6.42 Å². The second-order valence-corrected chi connectivity index (χ2v) is 3.83. The Morgan fingerprint density at radius 2 is 2.19 bits per heavy atom. The number of hydrogen-bond acceptors (Lipinski definition) is 2. The van der Waals surface area contributed by atoms with Crippen molar-refractivity contribution in [1.29, 1.82) is 0 Å². The number of terminal acetylenes is 1. The van der Waals surface area contributed by atoms with E-state index in [0.29, 0.717) is 6.04 Å². The summed E-state index contributed by atoms with van der Waals surface area (Å²) in [7, 11) is 1.70. The van der Waals surface area contributed by atoms with Gasteiger partial charge in [0.05, 0.1) is 7.11 Å². The highest BCUT2D eigenvalue weighted by Crippen LogP contribution is 2.18. The second-order valence-electron chi connectivity index (χ2n) is 3.83. The largest absolute Gasteiger partial charge is 0.496 e. The van der Waals surface area contributed by atoms with E-state index in [1.54, 1.807) is 7.11 Å². The van der Waals surface area contributed by atoms with Crippen LogP contribution in [0.1, 0.15) is 18.9 Å². The summed E-state index contributed by atoms with van der Waals surface area (Å²) >= 11 is 0. The lowest BCUT2D eigenvalue weighted by atomic mass is 10.1. The Balaban J connectivity index is 2.49. The van der Waals surface area contributed by atoms with Gasteiger partial charge in [-0.3, -0.25) is 0 Å². The van der Waals surface area contributed by atoms with Crippen LogP contribution in [0, 0.1) is 12.3 Å². The fourth-order valence-electron chi connectivity index (χ4n) is 1.66. The molecule has 86 valence electrons. The molecule has 1 rings (SSSR count). The summed E-state index contributed by atoms with van der Waals surface area (Å²) in [4.78, 5) is 0. The third-order valence-corrected chi connectivity index (χ3v) is 2.48. The second kappa shape index (κ2) is 6.92. The molecular formula is C14H19NO. The lowest BCUT2D eigenvalue weighted by Gasteiger charge is -2.15. The van der Waals surface area contributed by atoms with Gasteiger partial charge >= 0.3 is 0 Å². The summed E-state index contributed by atoms with van der Waals surface area (Å²) in [5, 5.41) is 3.39. The van der Waals surface area contributed by atoms with Gasteiger partial charge in [0, 0.05) is 19.0 Å². The van der Waals surface area contributed by atoms with Crippen LogP contribution >= 0.6 is 0 Å². The number of hydrogen-bond donors (Lipinski definition) is 1. The summed E-state index contributed by atoms with van der Waals surface area (Å²) in [6.07, 6.45) is 6.93. The smallest absolute Gasteiger partial charge is 0.122 e. The van der Waals surface area contributed by atoms with Crippen LogP contribution in [0.2, 0.25) is 0 Å². The maximum absolute atomic E-state index is 5.31. The van der Waals surface area contributed by atoms with Gasteiger partial charge in [-0.2, -0.15) is 0 Å². The Morgan fingerprint density at radius 1 is 1.44 bits per heavy atom. The summed E-state index contributed by atoms with van der Waals surface area (Å²) in [6, 6.07) is 8.51. The Hall–Kier alpha value is -1.46. The molecule has 0 aliphatic carbocycles. The molecule has 1 unspecified atom stereocenters. The molecule has 0 heterocycles. The molecule has 2 heteroatoms. The van der Waals surface area contributed by atoms with Crippen LogP contribution in [0.3, 0.4) is 0 Å². The van der Waals surface area contributed by atoms with E-state index in [1.807, 2.05) is 18.2 Å². The summed E-state index contributed by atoms with van der Waals surface area (Å²) < 4.78 is 5.31. The van der Waals surface area contributed by atoms with Crippen molar-refractivity contribution in [3.05, 3.63) is 29.8 Å². The molecule has 0 bridgehead atoms. The van der Waals surface area contributed by atoms with Crippen molar-refractivity contribution in [3.63, 3.8) is 0 Å². The van der Waals surface area contributed by atoms with E-state index in [4.69, 9.17) is 11.2 Å². The topological polar surface area (TPSA) is 21.3 Å². The van der Waals surface area contributed by atoms with Gasteiger partial charge in [0.25, 0.3) is 0 Å². The molecule has 0 radical (unpaired) electrons. The molecule has 0 saturated carbocycles. The zero-order valence-electron chi connectivity index (χ0n) is 9.99. The molecule has 0 aromatic heterocycles. The first-order chi connectivity index (χ1) is 7.77. The van der Waals surface area contributed by atoms with E-state index >= 15 is 0 Å².